The first-order chi connectivity index (χ1) is 19.0. The van der Waals surface area contributed by atoms with Crippen LogP contribution >= 0.6 is 0 Å². The molecule has 0 radical (unpaired) electrons. The van der Waals surface area contributed by atoms with E-state index in [1.54, 1.807) is 22.2 Å². The maximum atomic E-state index is 15.7. The molecule has 2 aromatic carbocycles. The SMILES string of the molecule is O=C1C2=C(O)C(O)C=CN2N([C@H]2c3ccc(F)c(F)c3CN3c4c(cccc42)C2CCCC23)[C@@H]2COCCN12. The second kappa shape index (κ2) is 8.27. The summed E-state index contributed by atoms with van der Waals surface area (Å²) < 4.78 is 36.3. The second-order valence-corrected chi connectivity index (χ2v) is 11.1. The van der Waals surface area contributed by atoms with Crippen LogP contribution in [-0.4, -0.2) is 69.1 Å². The fourth-order valence-electron chi connectivity index (χ4n) is 7.73. The number of carbonyl (C=O) groups excluding carboxylic acids is 1. The number of hydrazine groups is 1. The summed E-state index contributed by atoms with van der Waals surface area (Å²) in [6, 6.07) is 8.61. The van der Waals surface area contributed by atoms with Gasteiger partial charge in [-0.25, -0.2) is 8.78 Å². The second-order valence-electron chi connectivity index (χ2n) is 11.1. The molecule has 8 nitrogen and oxygen atoms in total. The van der Waals surface area contributed by atoms with E-state index in [2.05, 4.69) is 11.0 Å². The van der Waals surface area contributed by atoms with Gasteiger partial charge in [0.05, 0.1) is 19.3 Å². The summed E-state index contributed by atoms with van der Waals surface area (Å²) in [7, 11) is 0. The number of aliphatic hydroxyl groups excluding tert-OH is 2. The molecule has 0 bridgehead atoms. The molecule has 2 N–H and O–H groups in total. The Kier molecular flexibility index (Phi) is 4.96. The van der Waals surface area contributed by atoms with E-state index in [0.717, 1.165) is 30.5 Å². The molecular weight excluding hydrogens is 506 g/mol. The Bertz CT molecular complexity index is 1480. The molecule has 2 saturated heterocycles. The van der Waals surface area contributed by atoms with Crippen molar-refractivity contribution in [2.45, 2.75) is 56.1 Å². The zero-order valence-corrected chi connectivity index (χ0v) is 21.1. The van der Waals surface area contributed by atoms with E-state index in [9.17, 15) is 19.4 Å². The summed E-state index contributed by atoms with van der Waals surface area (Å²) in [5.74, 6) is -2.27. The van der Waals surface area contributed by atoms with Crippen LogP contribution in [0.2, 0.25) is 0 Å². The Labute approximate surface area is 223 Å². The first-order valence-electron chi connectivity index (χ1n) is 13.6. The van der Waals surface area contributed by atoms with Gasteiger partial charge in [-0.1, -0.05) is 30.7 Å². The van der Waals surface area contributed by atoms with Crippen LogP contribution in [0.4, 0.5) is 14.5 Å². The topological polar surface area (TPSA) is 79.7 Å². The lowest BCUT2D eigenvalue weighted by molar-refractivity contribution is -0.190. The van der Waals surface area contributed by atoms with Crippen molar-refractivity contribution in [2.75, 3.05) is 24.7 Å². The number of hydrogen-bond acceptors (Lipinski definition) is 7. The quantitative estimate of drug-likeness (QED) is 0.581. The molecule has 8 rings (SSSR count). The average molecular weight is 535 g/mol. The number of para-hydroxylation sites is 1. The highest BCUT2D eigenvalue weighted by Crippen LogP contribution is 2.56. The van der Waals surface area contributed by atoms with Gasteiger partial charge in [0.15, 0.2) is 23.1 Å². The van der Waals surface area contributed by atoms with Crippen LogP contribution in [0.3, 0.4) is 0 Å². The molecule has 6 aliphatic rings. The molecule has 10 heteroatoms. The van der Waals surface area contributed by atoms with E-state index in [1.165, 1.54) is 17.7 Å². The number of amides is 1. The van der Waals surface area contributed by atoms with E-state index >= 15 is 4.39 Å². The van der Waals surface area contributed by atoms with Crippen LogP contribution < -0.4 is 4.90 Å². The molecule has 1 amide bonds. The van der Waals surface area contributed by atoms with Gasteiger partial charge in [0.2, 0.25) is 0 Å². The van der Waals surface area contributed by atoms with Crippen molar-refractivity contribution >= 4 is 11.6 Å². The maximum Gasteiger partial charge on any atom is 0.277 e. The number of benzene rings is 2. The largest absolute Gasteiger partial charge is 0.507 e. The predicted octanol–water partition coefficient (Wildman–Crippen LogP) is 3.40. The Balaban J connectivity index is 1.41. The van der Waals surface area contributed by atoms with Crippen molar-refractivity contribution in [1.29, 1.82) is 0 Å². The minimum atomic E-state index is -1.32. The molecule has 2 aromatic rings. The molecule has 1 aliphatic carbocycles. The lowest BCUT2D eigenvalue weighted by Gasteiger charge is -2.55. The minimum Gasteiger partial charge on any atom is -0.507 e. The van der Waals surface area contributed by atoms with Crippen LogP contribution in [0.25, 0.3) is 0 Å². The van der Waals surface area contributed by atoms with E-state index in [-0.39, 0.29) is 24.9 Å². The molecule has 1 saturated carbocycles. The third kappa shape index (κ3) is 3.05. The average Bonchev–Trinajstić information content (AvgIpc) is 3.50. The van der Waals surface area contributed by atoms with Gasteiger partial charge in [0.25, 0.3) is 5.91 Å². The molecule has 5 aliphatic heterocycles. The molecular formula is C29H28F2N4O4. The molecule has 0 aromatic heterocycles. The molecule has 5 heterocycles. The number of rotatable bonds is 1. The number of aliphatic hydroxyl groups is 2. The molecule has 39 heavy (non-hydrogen) atoms. The number of halogens is 2. The fourth-order valence-corrected chi connectivity index (χ4v) is 7.73. The van der Waals surface area contributed by atoms with Gasteiger partial charge in [0, 0.05) is 42.5 Å². The van der Waals surface area contributed by atoms with Crippen molar-refractivity contribution in [1.82, 2.24) is 14.9 Å². The molecule has 5 atom stereocenters. The number of ether oxygens (including phenoxy) is 1. The monoisotopic (exact) mass is 534 g/mol. The van der Waals surface area contributed by atoms with Crippen LogP contribution in [0.5, 0.6) is 0 Å². The Hall–Kier alpha value is -3.47. The lowest BCUT2D eigenvalue weighted by Crippen LogP contribution is -2.67. The van der Waals surface area contributed by atoms with Gasteiger partial charge in [-0.3, -0.25) is 9.80 Å². The highest BCUT2D eigenvalue weighted by atomic mass is 19.2. The molecule has 0 spiro atoms. The first kappa shape index (κ1) is 23.4. The number of morpholine rings is 1. The van der Waals surface area contributed by atoms with E-state index in [1.807, 2.05) is 17.1 Å². The maximum absolute atomic E-state index is 15.7. The van der Waals surface area contributed by atoms with Crippen molar-refractivity contribution in [3.05, 3.63) is 88.0 Å². The van der Waals surface area contributed by atoms with Gasteiger partial charge >= 0.3 is 0 Å². The Morgan fingerprint density at radius 2 is 1.87 bits per heavy atom. The van der Waals surface area contributed by atoms with E-state index < -0.39 is 41.6 Å². The van der Waals surface area contributed by atoms with Crippen molar-refractivity contribution in [3.63, 3.8) is 0 Å². The minimum absolute atomic E-state index is 0.0437. The molecule has 202 valence electrons. The summed E-state index contributed by atoms with van der Waals surface area (Å²) >= 11 is 0. The smallest absolute Gasteiger partial charge is 0.277 e. The van der Waals surface area contributed by atoms with Gasteiger partial charge in [0.1, 0.15) is 12.3 Å². The number of fused-ring (bicyclic) bond motifs is 6. The van der Waals surface area contributed by atoms with Gasteiger partial charge in [-0.15, -0.1) is 0 Å². The van der Waals surface area contributed by atoms with Gasteiger partial charge in [-0.05, 0) is 41.7 Å². The summed E-state index contributed by atoms with van der Waals surface area (Å²) in [5.41, 5.74) is 4.06. The highest BCUT2D eigenvalue weighted by Gasteiger charge is 2.53. The number of anilines is 1. The van der Waals surface area contributed by atoms with Crippen LogP contribution in [0.15, 0.2) is 54.1 Å². The van der Waals surface area contributed by atoms with Crippen LogP contribution in [-0.2, 0) is 16.1 Å². The summed E-state index contributed by atoms with van der Waals surface area (Å²) in [4.78, 5) is 17.5. The van der Waals surface area contributed by atoms with E-state index in [4.69, 9.17) is 4.74 Å². The zero-order valence-electron chi connectivity index (χ0n) is 21.1. The van der Waals surface area contributed by atoms with Crippen molar-refractivity contribution in [3.8, 4) is 0 Å². The third-order valence-electron chi connectivity index (χ3n) is 9.36. The van der Waals surface area contributed by atoms with Crippen LogP contribution in [0, 0.1) is 11.6 Å². The van der Waals surface area contributed by atoms with E-state index in [0.29, 0.717) is 30.2 Å². The molecule has 3 unspecified atom stereocenters. The first-order valence-corrected chi connectivity index (χ1v) is 13.6. The molecule has 3 fully saturated rings. The van der Waals surface area contributed by atoms with Crippen LogP contribution in [0.1, 0.15) is 53.5 Å². The predicted molar refractivity (Wildman–Crippen MR) is 136 cm³/mol. The van der Waals surface area contributed by atoms with Crippen molar-refractivity contribution in [2.24, 2.45) is 0 Å². The van der Waals surface area contributed by atoms with Gasteiger partial charge in [-0.2, -0.15) is 5.01 Å². The summed E-state index contributed by atoms with van der Waals surface area (Å²) in [5, 5.41) is 24.8. The normalized spacial score (nSPS) is 31.1. The zero-order chi connectivity index (χ0) is 26.6. The summed E-state index contributed by atoms with van der Waals surface area (Å²) in [6.07, 6.45) is 4.23. The number of carbonyl (C=O) groups is 1. The fraction of sp³-hybridized carbons (Fsp3) is 0.414. The third-order valence-corrected chi connectivity index (χ3v) is 9.36. The number of hydrogen-bond donors (Lipinski definition) is 2. The Morgan fingerprint density at radius 3 is 2.74 bits per heavy atom. The standard InChI is InChI=1S/C29H28F2N4O4/c30-20-8-7-17-19(24(20)31)13-33-21-6-2-3-15(21)16-4-1-5-18(25(16)33)26(17)35-23-14-39-12-11-32(23)29(38)27-28(37)22(36)9-10-34(27)35/h1,4-5,7-10,15,21-23,26,36-37H,2-3,6,11-14H2/t15?,21?,22?,23-,26+/m1/s1. The highest BCUT2D eigenvalue weighted by molar-refractivity contribution is 5.95. The van der Waals surface area contributed by atoms with Crippen molar-refractivity contribution < 1.29 is 28.5 Å². The lowest BCUT2D eigenvalue weighted by atomic mass is 9.89. The summed E-state index contributed by atoms with van der Waals surface area (Å²) in [6.45, 7) is 1.08. The number of nitrogens with zero attached hydrogens (tertiary/aromatic N) is 4. The van der Waals surface area contributed by atoms with Gasteiger partial charge < -0.3 is 24.7 Å². The Morgan fingerprint density at radius 1 is 1.03 bits per heavy atom.